The van der Waals surface area contributed by atoms with Crippen molar-refractivity contribution in [2.75, 3.05) is 13.1 Å². The van der Waals surface area contributed by atoms with E-state index in [1.54, 1.807) is 12.1 Å². The first-order valence-corrected chi connectivity index (χ1v) is 10.6. The summed E-state index contributed by atoms with van der Waals surface area (Å²) in [5.41, 5.74) is 0.461. The van der Waals surface area contributed by atoms with Gasteiger partial charge in [-0.05, 0) is 42.5 Å². The third-order valence-electron chi connectivity index (χ3n) is 6.75. The molecule has 0 bridgehead atoms. The molecule has 2 heterocycles. The quantitative estimate of drug-likeness (QED) is 0.726. The zero-order valence-electron chi connectivity index (χ0n) is 17.6. The van der Waals surface area contributed by atoms with Crippen molar-refractivity contribution in [3.8, 4) is 17.5 Å². The van der Waals surface area contributed by atoms with E-state index in [1.165, 1.54) is 17.0 Å². The normalized spacial score (nSPS) is 29.2. The Morgan fingerprint density at radius 1 is 1.35 bits per heavy atom. The van der Waals surface area contributed by atoms with Crippen molar-refractivity contribution in [2.45, 2.75) is 63.5 Å². The molecule has 1 aliphatic carbocycles. The molecule has 1 aliphatic heterocycles. The van der Waals surface area contributed by atoms with Crippen molar-refractivity contribution < 1.29 is 18.4 Å². The molecule has 4 rings (SSSR count). The van der Waals surface area contributed by atoms with Crippen LogP contribution in [0.4, 0.5) is 8.78 Å². The third kappa shape index (κ3) is 4.33. The molecule has 1 aromatic heterocycles. The Hall–Kier alpha value is -2.41. The van der Waals surface area contributed by atoms with Gasteiger partial charge < -0.3 is 14.9 Å². The molecule has 1 saturated carbocycles. The number of hydrogen-bond donors (Lipinski definition) is 2. The maximum Gasteiger partial charge on any atom is 0.230 e. The van der Waals surface area contributed by atoms with Gasteiger partial charge >= 0.3 is 0 Å². The highest BCUT2D eigenvalue weighted by atomic mass is 19.1. The van der Waals surface area contributed by atoms with Crippen LogP contribution in [0.2, 0.25) is 0 Å². The van der Waals surface area contributed by atoms with Gasteiger partial charge in [-0.3, -0.25) is 4.90 Å². The Morgan fingerprint density at radius 3 is 2.81 bits per heavy atom. The van der Waals surface area contributed by atoms with Gasteiger partial charge in [0.05, 0.1) is 6.07 Å². The third-order valence-corrected chi connectivity index (χ3v) is 6.75. The minimum Gasteiger partial charge on any atom is -0.377 e. The van der Waals surface area contributed by atoms with E-state index >= 15 is 0 Å². The zero-order valence-corrected chi connectivity index (χ0v) is 17.6. The number of benzene rings is 1. The van der Waals surface area contributed by atoms with Crippen LogP contribution in [0.25, 0.3) is 11.4 Å². The SMILES string of the molecule is CC1(C)[C@@H](c2nc(-c3ccc(F)cc3)no2)CC[C@H]1NCC(O)N1C[C@@H](F)C[C@H]1C#N. The lowest BCUT2D eigenvalue weighted by atomic mass is 9.79. The molecule has 2 aliphatic rings. The molecule has 2 N–H and O–H groups in total. The highest BCUT2D eigenvalue weighted by molar-refractivity contribution is 5.53. The predicted molar refractivity (Wildman–Crippen MR) is 109 cm³/mol. The van der Waals surface area contributed by atoms with E-state index in [0.717, 1.165) is 12.8 Å². The molecule has 0 radical (unpaired) electrons. The van der Waals surface area contributed by atoms with Crippen molar-refractivity contribution in [3.63, 3.8) is 0 Å². The van der Waals surface area contributed by atoms with Crippen molar-refractivity contribution in [1.82, 2.24) is 20.4 Å². The minimum atomic E-state index is -1.08. The molecule has 1 saturated heterocycles. The second kappa shape index (κ2) is 8.61. The highest BCUT2D eigenvalue weighted by Crippen LogP contribution is 2.48. The zero-order chi connectivity index (χ0) is 22.2. The van der Waals surface area contributed by atoms with E-state index in [2.05, 4.69) is 35.4 Å². The monoisotopic (exact) mass is 431 g/mol. The van der Waals surface area contributed by atoms with Crippen LogP contribution in [-0.4, -0.2) is 57.7 Å². The average Bonchev–Trinajstić information content (AvgIpc) is 3.43. The number of nitrogens with one attached hydrogen (secondary N) is 1. The fourth-order valence-corrected chi connectivity index (χ4v) is 4.85. The maximum absolute atomic E-state index is 13.7. The fraction of sp³-hybridized carbons (Fsp3) is 0.591. The molecule has 31 heavy (non-hydrogen) atoms. The number of alkyl halides is 1. The predicted octanol–water partition coefficient (Wildman–Crippen LogP) is 2.99. The topological polar surface area (TPSA) is 98.2 Å². The second-order valence-electron chi connectivity index (χ2n) is 9.03. The molecular weight excluding hydrogens is 404 g/mol. The Bertz CT molecular complexity index is 942. The Labute approximate surface area is 180 Å². The lowest BCUT2D eigenvalue weighted by molar-refractivity contribution is 0.000458. The van der Waals surface area contributed by atoms with E-state index in [-0.39, 0.29) is 42.7 Å². The molecule has 1 aromatic carbocycles. The number of halogens is 2. The van der Waals surface area contributed by atoms with Crippen molar-refractivity contribution >= 4 is 0 Å². The van der Waals surface area contributed by atoms with Gasteiger partial charge in [-0.25, -0.2) is 8.78 Å². The van der Waals surface area contributed by atoms with Crippen LogP contribution in [0, 0.1) is 22.6 Å². The van der Waals surface area contributed by atoms with Crippen molar-refractivity contribution in [2.24, 2.45) is 5.41 Å². The Kier molecular flexibility index (Phi) is 6.06. The molecule has 9 heteroatoms. The summed E-state index contributed by atoms with van der Waals surface area (Å²) in [4.78, 5) is 6.06. The number of nitriles is 1. The molecule has 166 valence electrons. The summed E-state index contributed by atoms with van der Waals surface area (Å²) < 4.78 is 32.4. The van der Waals surface area contributed by atoms with E-state index in [1.807, 2.05) is 0 Å². The van der Waals surface area contributed by atoms with Gasteiger partial charge in [-0.15, -0.1) is 0 Å². The molecule has 1 unspecified atom stereocenters. The van der Waals surface area contributed by atoms with E-state index in [9.17, 15) is 19.1 Å². The summed E-state index contributed by atoms with van der Waals surface area (Å²) in [5, 5.41) is 27.2. The van der Waals surface area contributed by atoms with E-state index < -0.39 is 18.4 Å². The van der Waals surface area contributed by atoms with Crippen LogP contribution in [0.15, 0.2) is 28.8 Å². The maximum atomic E-state index is 13.7. The molecule has 5 atom stereocenters. The van der Waals surface area contributed by atoms with E-state index in [4.69, 9.17) is 4.52 Å². The standard InChI is InChI=1S/C22H27F2N5O2/c1-22(2)17(21-27-20(28-31-21)13-3-5-14(23)6-4-13)7-8-18(22)26-11-19(30)29-12-15(24)9-16(29)10-25/h3-6,15-19,26,30H,7-9,11-12H2,1-2H3/t15-,16-,17+,18+,19?/m0/s1. The number of likely N-dealkylation sites (tertiary alicyclic amines) is 1. The second-order valence-corrected chi connectivity index (χ2v) is 9.03. The molecule has 2 aromatic rings. The van der Waals surface area contributed by atoms with Crippen LogP contribution >= 0.6 is 0 Å². The molecule has 0 amide bonds. The number of aliphatic hydroxyl groups excluding tert-OH is 1. The lowest BCUT2D eigenvalue weighted by Crippen LogP contribution is -2.49. The van der Waals surface area contributed by atoms with Crippen LogP contribution in [0.5, 0.6) is 0 Å². The highest BCUT2D eigenvalue weighted by Gasteiger charge is 2.47. The van der Waals surface area contributed by atoms with Gasteiger partial charge in [0.1, 0.15) is 24.3 Å². The number of rotatable bonds is 6. The molecule has 2 fully saturated rings. The first-order chi connectivity index (χ1) is 14.8. The number of aliphatic hydroxyl groups is 1. The first kappa shape index (κ1) is 21.8. The molecular formula is C22H27F2N5O2. The number of hydrogen-bond acceptors (Lipinski definition) is 7. The van der Waals surface area contributed by atoms with Crippen LogP contribution in [-0.2, 0) is 0 Å². The summed E-state index contributed by atoms with van der Waals surface area (Å²) in [5.74, 6) is 0.670. The molecule has 7 nitrogen and oxygen atoms in total. The van der Waals surface area contributed by atoms with Crippen LogP contribution in [0.3, 0.4) is 0 Å². The van der Waals surface area contributed by atoms with Crippen LogP contribution in [0.1, 0.15) is 44.9 Å². The van der Waals surface area contributed by atoms with Crippen LogP contribution < -0.4 is 5.32 Å². The fourth-order valence-electron chi connectivity index (χ4n) is 4.85. The average molecular weight is 431 g/mol. The minimum absolute atomic E-state index is 0.0257. The summed E-state index contributed by atoms with van der Waals surface area (Å²) in [6, 6.07) is 7.50. The number of aromatic nitrogens is 2. The van der Waals surface area contributed by atoms with E-state index in [0.29, 0.717) is 17.3 Å². The van der Waals surface area contributed by atoms with Gasteiger partial charge in [-0.1, -0.05) is 19.0 Å². The van der Waals surface area contributed by atoms with Gasteiger partial charge in [0.15, 0.2) is 0 Å². The number of nitrogens with zero attached hydrogens (tertiary/aromatic N) is 4. The smallest absolute Gasteiger partial charge is 0.230 e. The summed E-state index contributed by atoms with van der Waals surface area (Å²) >= 11 is 0. The van der Waals surface area contributed by atoms with Gasteiger partial charge in [0.2, 0.25) is 11.7 Å². The first-order valence-electron chi connectivity index (χ1n) is 10.6. The van der Waals surface area contributed by atoms with Gasteiger partial charge in [0, 0.05) is 37.0 Å². The van der Waals surface area contributed by atoms with Gasteiger partial charge in [-0.2, -0.15) is 10.2 Å². The Morgan fingerprint density at radius 2 is 2.10 bits per heavy atom. The van der Waals surface area contributed by atoms with Crippen molar-refractivity contribution in [1.29, 1.82) is 5.26 Å². The largest absolute Gasteiger partial charge is 0.377 e. The summed E-state index contributed by atoms with van der Waals surface area (Å²) in [7, 11) is 0. The van der Waals surface area contributed by atoms with Gasteiger partial charge in [0.25, 0.3) is 0 Å². The summed E-state index contributed by atoms with van der Waals surface area (Å²) in [6.45, 7) is 4.55. The molecule has 0 spiro atoms. The Balaban J connectivity index is 1.40. The summed E-state index contributed by atoms with van der Waals surface area (Å²) in [6.07, 6.45) is -0.180. The lowest BCUT2D eigenvalue weighted by Gasteiger charge is -2.34. The van der Waals surface area contributed by atoms with Crippen molar-refractivity contribution in [3.05, 3.63) is 36.0 Å².